The summed E-state index contributed by atoms with van der Waals surface area (Å²) in [7, 11) is 3.74. The molecular weight excluding hydrogens is 333 g/mol. The molecule has 0 aromatic carbocycles. The fourth-order valence-corrected chi connectivity index (χ4v) is 0. The second-order valence-electron chi connectivity index (χ2n) is 0.572. The minimum absolute atomic E-state index is 0. The van der Waals surface area contributed by atoms with Crippen molar-refractivity contribution in [1.82, 2.24) is 0 Å². The van der Waals surface area contributed by atoms with Gasteiger partial charge in [-0.15, -0.1) is 0 Å². The molecule has 7 heavy (non-hydrogen) atoms. The van der Waals surface area contributed by atoms with E-state index in [1.54, 1.807) is 0 Å². The van der Waals surface area contributed by atoms with E-state index in [-0.39, 0.29) is 68.9 Å². The molecule has 0 aliphatic carbocycles. The van der Waals surface area contributed by atoms with Crippen molar-refractivity contribution in [2.75, 3.05) is 0 Å². The van der Waals surface area contributed by atoms with Crippen molar-refractivity contribution in [3.05, 3.63) is 0 Å². The van der Waals surface area contributed by atoms with Gasteiger partial charge in [-0.25, -0.2) is 0 Å². The zero-order valence-electron chi connectivity index (χ0n) is 3.36. The molecule has 0 amide bonds. The molecule has 0 fully saturated rings. The standard InChI is InChI=1S/ClH.Cs.4O.Ru/h1H;;;;;;/q;+1;;;;-1;+1/p-1. The Morgan fingerprint density at radius 1 is 1.29 bits per heavy atom. The SMILES string of the molecule is [Cs+].[O]=[Ru](=[O])(=[O])([O-])[Cl]. The zero-order chi connectivity index (χ0) is 5.45. The van der Waals surface area contributed by atoms with Crippen LogP contribution in [0.1, 0.15) is 0 Å². The summed E-state index contributed by atoms with van der Waals surface area (Å²) >= 11 is -7.00. The van der Waals surface area contributed by atoms with Crippen LogP contribution in [0, 0.1) is 0 Å². The molecule has 0 radical (unpaired) electrons. The summed E-state index contributed by atoms with van der Waals surface area (Å²) in [6.45, 7) is 0. The van der Waals surface area contributed by atoms with Gasteiger partial charge >= 0.3 is 106 Å². The van der Waals surface area contributed by atoms with Crippen LogP contribution in [0.5, 0.6) is 0 Å². The summed E-state index contributed by atoms with van der Waals surface area (Å²) in [6.07, 6.45) is 0. The molecule has 0 aliphatic rings. The van der Waals surface area contributed by atoms with E-state index in [9.17, 15) is 0 Å². The summed E-state index contributed by atoms with van der Waals surface area (Å²) in [5, 5.41) is 0. The van der Waals surface area contributed by atoms with Crippen molar-refractivity contribution in [2.45, 2.75) is 0 Å². The summed E-state index contributed by atoms with van der Waals surface area (Å²) < 4.78 is 35.8. The molecule has 0 spiro atoms. The Bertz CT molecular complexity index is 190. The molecule has 0 heterocycles. The van der Waals surface area contributed by atoms with Gasteiger partial charge < -0.3 is 0 Å². The third kappa shape index (κ3) is 61.6. The fraction of sp³-hybridized carbons (Fsp3) is 0. The Hall–Kier alpha value is 2.33. The second-order valence-corrected chi connectivity index (χ2v) is 5.96. The summed E-state index contributed by atoms with van der Waals surface area (Å²) in [4.78, 5) is 0. The van der Waals surface area contributed by atoms with Crippen LogP contribution in [-0.2, 0) is 23.5 Å². The first-order valence-corrected chi connectivity index (χ1v) is 5.79. The fourth-order valence-electron chi connectivity index (χ4n) is 0. The van der Waals surface area contributed by atoms with Crippen LogP contribution in [0.3, 0.4) is 0 Å². The van der Waals surface area contributed by atoms with E-state index < -0.39 is 12.8 Å². The molecule has 40 valence electrons. The second kappa shape index (κ2) is 2.94. The Labute approximate surface area is 103 Å². The van der Waals surface area contributed by atoms with Crippen molar-refractivity contribution < 1.29 is 96.4 Å². The van der Waals surface area contributed by atoms with Crippen LogP contribution in [0.15, 0.2) is 0 Å². The van der Waals surface area contributed by atoms with Crippen LogP contribution >= 0.6 is 9.69 Å². The van der Waals surface area contributed by atoms with Crippen LogP contribution in [0.2, 0.25) is 0 Å². The molecule has 0 aromatic heterocycles. The Morgan fingerprint density at radius 2 is 1.29 bits per heavy atom. The van der Waals surface area contributed by atoms with E-state index in [2.05, 4.69) is 9.69 Å². The van der Waals surface area contributed by atoms with Gasteiger partial charge in [-0.2, -0.15) is 0 Å². The molecular formula is ClCsO4Ru. The van der Waals surface area contributed by atoms with E-state index in [1.165, 1.54) is 0 Å². The minimum atomic E-state index is -7.00. The number of hydrogen-bond donors (Lipinski definition) is 0. The topological polar surface area (TPSA) is 74.3 Å². The van der Waals surface area contributed by atoms with Crippen LogP contribution in [0.25, 0.3) is 0 Å². The van der Waals surface area contributed by atoms with Crippen molar-refractivity contribution in [3.63, 3.8) is 0 Å². The maximum atomic E-state index is 8.96. The summed E-state index contributed by atoms with van der Waals surface area (Å²) in [5.74, 6) is 0. The van der Waals surface area contributed by atoms with Gasteiger partial charge in [0.2, 0.25) is 0 Å². The number of rotatable bonds is 0. The van der Waals surface area contributed by atoms with E-state index in [0.717, 1.165) is 0 Å². The molecule has 0 N–H and O–H groups in total. The molecule has 7 heteroatoms. The van der Waals surface area contributed by atoms with Gasteiger partial charge in [0.05, 0.1) is 0 Å². The van der Waals surface area contributed by atoms with E-state index in [0.29, 0.717) is 0 Å². The van der Waals surface area contributed by atoms with Gasteiger partial charge in [-0.1, -0.05) is 0 Å². The van der Waals surface area contributed by atoms with E-state index in [4.69, 9.17) is 14.7 Å². The van der Waals surface area contributed by atoms with Gasteiger partial charge in [0, 0.05) is 0 Å². The van der Waals surface area contributed by atoms with Gasteiger partial charge in [0.15, 0.2) is 0 Å². The average Bonchev–Trinajstić information content (AvgIpc) is 0.650. The first kappa shape index (κ1) is 12.0. The van der Waals surface area contributed by atoms with Crippen molar-refractivity contribution in [3.8, 4) is 0 Å². The van der Waals surface area contributed by atoms with Crippen LogP contribution in [0.4, 0.5) is 0 Å². The molecule has 0 saturated heterocycles. The number of hydrogen-bond acceptors (Lipinski definition) is 4. The first-order valence-electron chi connectivity index (χ1n) is 0.711. The van der Waals surface area contributed by atoms with Crippen LogP contribution in [-0.4, -0.2) is 0 Å². The normalized spacial score (nSPS) is 16.0. The Kier molecular flexibility index (Phi) is 5.06. The zero-order valence-corrected chi connectivity index (χ0v) is 12.1. The molecule has 0 aromatic rings. The van der Waals surface area contributed by atoms with Crippen molar-refractivity contribution in [1.29, 1.82) is 0 Å². The van der Waals surface area contributed by atoms with Gasteiger partial charge in [0.25, 0.3) is 0 Å². The quantitative estimate of drug-likeness (QED) is 0.426. The predicted octanol–water partition coefficient (Wildman–Crippen LogP) is -3.85. The third-order valence-electron chi connectivity index (χ3n) is 0. The maximum absolute atomic E-state index is 8.96. The summed E-state index contributed by atoms with van der Waals surface area (Å²) in [5.41, 5.74) is 0. The average molecular weight is 333 g/mol. The van der Waals surface area contributed by atoms with Gasteiger partial charge in [0.1, 0.15) is 0 Å². The van der Waals surface area contributed by atoms with Gasteiger partial charge in [-0.3, -0.25) is 0 Å². The monoisotopic (exact) mass is 334 g/mol. The molecule has 4 nitrogen and oxygen atoms in total. The number of halogens is 1. The van der Waals surface area contributed by atoms with E-state index >= 15 is 0 Å². The summed E-state index contributed by atoms with van der Waals surface area (Å²) in [6, 6.07) is 0. The Morgan fingerprint density at radius 3 is 1.29 bits per heavy atom. The molecule has 0 unspecified atom stereocenters. The van der Waals surface area contributed by atoms with Crippen LogP contribution < -0.4 is 72.8 Å². The van der Waals surface area contributed by atoms with Gasteiger partial charge in [-0.05, 0) is 0 Å². The third-order valence-corrected chi connectivity index (χ3v) is 0. The van der Waals surface area contributed by atoms with Crippen molar-refractivity contribution >= 4 is 9.69 Å². The molecule has 0 rings (SSSR count). The molecule has 0 bridgehead atoms. The Balaban J connectivity index is 0. The predicted molar refractivity (Wildman–Crippen MR) is 7.91 cm³/mol. The van der Waals surface area contributed by atoms with Crippen molar-refractivity contribution in [2.24, 2.45) is 0 Å². The molecule has 0 aliphatic heterocycles. The first-order chi connectivity index (χ1) is 2.24. The van der Waals surface area contributed by atoms with E-state index in [1.807, 2.05) is 0 Å². The molecule has 0 saturated carbocycles. The molecule has 0 atom stereocenters.